The van der Waals surface area contributed by atoms with Crippen molar-refractivity contribution in [2.45, 2.75) is 33.7 Å². The molecule has 0 aliphatic rings. The van der Waals surface area contributed by atoms with E-state index < -0.39 is 9.85 Å². The summed E-state index contributed by atoms with van der Waals surface area (Å²) in [5, 5.41) is 23.8. The largest absolute Gasteiger partial charge is 0.396 e. The van der Waals surface area contributed by atoms with Crippen LogP contribution < -0.4 is 0 Å². The van der Waals surface area contributed by atoms with Gasteiger partial charge in [-0.2, -0.15) is 0 Å². The third kappa shape index (κ3) is 3.70. The number of nitrogens with zero attached hydrogens (tertiary/aromatic N) is 10. The van der Waals surface area contributed by atoms with E-state index in [1.165, 1.54) is 21.8 Å². The number of hydrogen-bond donors (Lipinski definition) is 0. The van der Waals surface area contributed by atoms with Crippen LogP contribution in [0.3, 0.4) is 0 Å². The summed E-state index contributed by atoms with van der Waals surface area (Å²) in [5.41, 5.74) is 0.975. The van der Waals surface area contributed by atoms with Gasteiger partial charge in [-0.15, -0.1) is 0 Å². The first-order valence-electron chi connectivity index (χ1n) is 8.70. The molecule has 0 aliphatic carbocycles. The van der Waals surface area contributed by atoms with E-state index in [9.17, 15) is 20.2 Å². The molecular weight excluding hydrogens is 448 g/mol. The molecule has 4 aromatic rings. The molecule has 0 atom stereocenters. The number of fused-ring (bicyclic) bond motifs is 1. The number of nitro groups is 2. The summed E-state index contributed by atoms with van der Waals surface area (Å²) in [6.45, 7) is 2.50. The Bertz CT molecular complexity index is 1330. The summed E-state index contributed by atoms with van der Waals surface area (Å²) in [6.07, 6.45) is 4.28. The highest BCUT2D eigenvalue weighted by molar-refractivity contribution is 8.00. The molecule has 0 bridgehead atoms. The van der Waals surface area contributed by atoms with Gasteiger partial charge in [0.15, 0.2) is 20.9 Å². The van der Waals surface area contributed by atoms with Crippen molar-refractivity contribution in [3.63, 3.8) is 0 Å². The standard InChI is InChI=1S/C15H14N10O4S2/c1-4-23-7-16-8-9(23)19-15(31-14-11(25(28)29)18-6-22(14)3)20-12(8)30-13-10(24(26)27)17-5-21(13)2/h5-7H,4H2,1-3H3. The molecule has 0 N–H and O–H groups in total. The third-order valence-corrected chi connectivity index (χ3v) is 6.38. The van der Waals surface area contributed by atoms with Gasteiger partial charge in [0.1, 0.15) is 10.5 Å². The van der Waals surface area contributed by atoms with Crippen LogP contribution >= 0.6 is 23.5 Å². The second kappa shape index (κ2) is 7.95. The lowest BCUT2D eigenvalue weighted by Crippen LogP contribution is -2.00. The number of imidazole rings is 3. The average molecular weight is 462 g/mol. The zero-order valence-electron chi connectivity index (χ0n) is 16.4. The first-order chi connectivity index (χ1) is 14.8. The van der Waals surface area contributed by atoms with E-state index in [2.05, 4.69) is 24.9 Å². The minimum absolute atomic E-state index is 0.224. The normalized spacial score (nSPS) is 11.3. The van der Waals surface area contributed by atoms with Crippen LogP contribution in [-0.4, -0.2) is 48.5 Å². The Morgan fingerprint density at radius 1 is 0.903 bits per heavy atom. The summed E-state index contributed by atoms with van der Waals surface area (Å²) in [7, 11) is 3.27. The van der Waals surface area contributed by atoms with Gasteiger partial charge >= 0.3 is 11.6 Å². The Morgan fingerprint density at radius 2 is 1.48 bits per heavy atom. The number of rotatable bonds is 7. The van der Waals surface area contributed by atoms with E-state index in [1.807, 2.05) is 6.92 Å². The second-order valence-corrected chi connectivity index (χ2v) is 8.13. The van der Waals surface area contributed by atoms with Crippen LogP contribution in [0.15, 0.2) is 39.2 Å². The topological polar surface area (TPSA) is 166 Å². The predicted octanol–water partition coefficient (Wildman–Crippen LogP) is 2.43. The van der Waals surface area contributed by atoms with Gasteiger partial charge in [-0.05, 0) is 50.3 Å². The van der Waals surface area contributed by atoms with Crippen molar-refractivity contribution >= 4 is 46.3 Å². The van der Waals surface area contributed by atoms with Crippen molar-refractivity contribution in [3.8, 4) is 0 Å². The van der Waals surface area contributed by atoms with Crippen molar-refractivity contribution in [2.75, 3.05) is 0 Å². The highest BCUT2D eigenvalue weighted by atomic mass is 32.2. The van der Waals surface area contributed by atoms with E-state index in [0.29, 0.717) is 22.7 Å². The highest BCUT2D eigenvalue weighted by Gasteiger charge is 2.26. The zero-order valence-corrected chi connectivity index (χ0v) is 18.0. The fourth-order valence-electron chi connectivity index (χ4n) is 2.72. The summed E-state index contributed by atoms with van der Waals surface area (Å²) in [5.74, 6) is -0.609. The Hall–Kier alpha value is -3.53. The Balaban J connectivity index is 1.84. The summed E-state index contributed by atoms with van der Waals surface area (Å²) in [4.78, 5) is 42.5. The molecule has 31 heavy (non-hydrogen) atoms. The first kappa shape index (κ1) is 20.7. The molecule has 0 spiro atoms. The predicted molar refractivity (Wildman–Crippen MR) is 109 cm³/mol. The maximum atomic E-state index is 11.3. The van der Waals surface area contributed by atoms with Crippen LogP contribution in [0.1, 0.15) is 6.92 Å². The van der Waals surface area contributed by atoms with Crippen molar-refractivity contribution < 1.29 is 9.85 Å². The molecule has 4 heterocycles. The zero-order chi connectivity index (χ0) is 22.3. The Labute approximate surface area is 182 Å². The number of hydrogen-bond acceptors (Lipinski definition) is 11. The van der Waals surface area contributed by atoms with Crippen molar-refractivity contribution in [1.82, 2.24) is 38.6 Å². The minimum atomic E-state index is -0.578. The summed E-state index contributed by atoms with van der Waals surface area (Å²) in [6, 6.07) is 0. The van der Waals surface area contributed by atoms with E-state index in [0.717, 1.165) is 23.5 Å². The van der Waals surface area contributed by atoms with Crippen LogP contribution in [0, 0.1) is 20.2 Å². The number of aromatic nitrogens is 8. The third-order valence-electron chi connectivity index (χ3n) is 4.21. The van der Waals surface area contributed by atoms with E-state index in [4.69, 9.17) is 0 Å². The molecule has 0 amide bonds. The van der Waals surface area contributed by atoms with Gasteiger partial charge in [0.05, 0.1) is 6.33 Å². The van der Waals surface area contributed by atoms with E-state index >= 15 is 0 Å². The lowest BCUT2D eigenvalue weighted by atomic mass is 10.5. The Kier molecular flexibility index (Phi) is 5.32. The molecule has 0 radical (unpaired) electrons. The van der Waals surface area contributed by atoms with Gasteiger partial charge in [0.25, 0.3) is 0 Å². The average Bonchev–Trinajstić information content (AvgIpc) is 3.40. The van der Waals surface area contributed by atoms with Crippen LogP contribution in [0.4, 0.5) is 11.6 Å². The van der Waals surface area contributed by atoms with Crippen molar-refractivity contribution in [3.05, 3.63) is 39.2 Å². The molecule has 0 unspecified atom stereocenters. The quantitative estimate of drug-likeness (QED) is 0.171. The molecule has 0 fully saturated rings. The monoisotopic (exact) mass is 462 g/mol. The maximum Gasteiger partial charge on any atom is 0.396 e. The molecular formula is C15H14N10O4S2. The minimum Gasteiger partial charge on any atom is -0.358 e. The van der Waals surface area contributed by atoms with Gasteiger partial charge in [-0.1, -0.05) is 0 Å². The highest BCUT2D eigenvalue weighted by Crippen LogP contribution is 2.38. The van der Waals surface area contributed by atoms with Crippen molar-refractivity contribution in [2.24, 2.45) is 14.1 Å². The van der Waals surface area contributed by atoms with E-state index in [1.54, 1.807) is 25.0 Å². The molecule has 0 saturated heterocycles. The molecule has 0 aromatic carbocycles. The lowest BCUT2D eigenvalue weighted by Gasteiger charge is -2.07. The fraction of sp³-hybridized carbons (Fsp3) is 0.267. The summed E-state index contributed by atoms with van der Waals surface area (Å²) < 4.78 is 4.82. The van der Waals surface area contributed by atoms with Gasteiger partial charge in [0.2, 0.25) is 12.7 Å². The smallest absolute Gasteiger partial charge is 0.358 e. The molecule has 16 heteroatoms. The van der Waals surface area contributed by atoms with Gasteiger partial charge in [-0.25, -0.2) is 15.0 Å². The Morgan fingerprint density at radius 3 is 2.03 bits per heavy atom. The number of aryl methyl sites for hydroxylation is 3. The molecule has 0 aliphatic heterocycles. The first-order valence-corrected chi connectivity index (χ1v) is 10.3. The second-order valence-electron chi connectivity index (χ2n) is 6.20. The maximum absolute atomic E-state index is 11.3. The molecule has 14 nitrogen and oxygen atoms in total. The fourth-order valence-corrected chi connectivity index (χ4v) is 4.60. The van der Waals surface area contributed by atoms with E-state index in [-0.39, 0.29) is 26.8 Å². The lowest BCUT2D eigenvalue weighted by molar-refractivity contribution is -0.392. The van der Waals surface area contributed by atoms with Crippen LogP contribution in [0.5, 0.6) is 0 Å². The van der Waals surface area contributed by atoms with Crippen LogP contribution in [0.25, 0.3) is 11.2 Å². The summed E-state index contributed by atoms with van der Waals surface area (Å²) >= 11 is 2.01. The molecule has 160 valence electrons. The van der Waals surface area contributed by atoms with Gasteiger partial charge in [-0.3, -0.25) is 0 Å². The molecule has 4 aromatic heterocycles. The van der Waals surface area contributed by atoms with Crippen molar-refractivity contribution in [1.29, 1.82) is 0 Å². The van der Waals surface area contributed by atoms with Gasteiger partial charge < -0.3 is 33.9 Å². The molecule has 4 rings (SSSR count). The SMILES string of the molecule is CCn1cnc2c(Sc3c([N+](=O)[O-])ncn3C)nc(Sc3c([N+](=O)[O-])ncn3C)nc21. The van der Waals surface area contributed by atoms with Crippen LogP contribution in [0.2, 0.25) is 0 Å². The van der Waals surface area contributed by atoms with Gasteiger partial charge in [0, 0.05) is 20.6 Å². The molecule has 0 saturated carbocycles. The van der Waals surface area contributed by atoms with Crippen LogP contribution in [-0.2, 0) is 20.6 Å².